The molecule has 0 bridgehead atoms. The predicted molar refractivity (Wildman–Crippen MR) is 98.2 cm³/mol. The lowest BCUT2D eigenvalue weighted by atomic mass is 10.1. The van der Waals surface area contributed by atoms with Gasteiger partial charge in [0.15, 0.2) is 12.4 Å². The van der Waals surface area contributed by atoms with Crippen LogP contribution in [-0.4, -0.2) is 15.7 Å². The Morgan fingerprint density at radius 1 is 1.12 bits per heavy atom. The molecule has 0 radical (unpaired) electrons. The van der Waals surface area contributed by atoms with Gasteiger partial charge < -0.3 is 10.1 Å². The summed E-state index contributed by atoms with van der Waals surface area (Å²) in [6, 6.07) is 14.6. The molecule has 25 heavy (non-hydrogen) atoms. The molecule has 0 aliphatic rings. The maximum atomic E-state index is 12.4. The van der Waals surface area contributed by atoms with E-state index in [9.17, 15) is 4.79 Å². The van der Waals surface area contributed by atoms with E-state index < -0.39 is 0 Å². The number of carbonyl (C=O) groups is 1. The number of amides is 1. The van der Waals surface area contributed by atoms with E-state index in [1.165, 1.54) is 0 Å². The van der Waals surface area contributed by atoms with Crippen molar-refractivity contribution in [1.29, 1.82) is 0 Å². The molecule has 0 saturated carbocycles. The first kappa shape index (κ1) is 17.0. The molecule has 0 unspecified atom stereocenters. The van der Waals surface area contributed by atoms with E-state index in [2.05, 4.69) is 10.4 Å². The molecule has 1 heterocycles. The van der Waals surface area contributed by atoms with Gasteiger partial charge in [-0.15, -0.1) is 0 Å². The van der Waals surface area contributed by atoms with Crippen molar-refractivity contribution in [3.05, 3.63) is 76.6 Å². The van der Waals surface area contributed by atoms with Gasteiger partial charge >= 0.3 is 0 Å². The van der Waals surface area contributed by atoms with E-state index in [1.54, 1.807) is 41.2 Å². The normalized spacial score (nSPS) is 10.5. The number of aromatic nitrogens is 2. The van der Waals surface area contributed by atoms with Crippen LogP contribution in [0.15, 0.2) is 54.7 Å². The molecule has 3 rings (SSSR count). The Balaban J connectivity index is 1.64. The van der Waals surface area contributed by atoms with Gasteiger partial charge in [-0.2, -0.15) is 5.10 Å². The monoisotopic (exact) mass is 355 g/mol. The summed E-state index contributed by atoms with van der Waals surface area (Å²) in [5.41, 5.74) is 3.18. The Labute approximate surface area is 151 Å². The fourth-order valence-corrected chi connectivity index (χ4v) is 2.54. The summed E-state index contributed by atoms with van der Waals surface area (Å²) in [6.07, 6.45) is 1.70. The lowest BCUT2D eigenvalue weighted by molar-refractivity contribution is 0.102. The second-order valence-electron chi connectivity index (χ2n) is 5.69. The number of hydrogen-bond acceptors (Lipinski definition) is 3. The van der Waals surface area contributed by atoms with Crippen LogP contribution in [0.3, 0.4) is 0 Å². The third-order valence-electron chi connectivity index (χ3n) is 3.77. The van der Waals surface area contributed by atoms with Crippen LogP contribution >= 0.6 is 11.6 Å². The largest absolute Gasteiger partial charge is 0.471 e. The highest BCUT2D eigenvalue weighted by Crippen LogP contribution is 2.20. The molecule has 2 aromatic carbocycles. The Kier molecular flexibility index (Phi) is 5.05. The number of carbonyl (C=O) groups excluding carboxylic acids is 1. The molecular weight excluding hydrogens is 338 g/mol. The number of hydrogen-bond donors (Lipinski definition) is 1. The summed E-state index contributed by atoms with van der Waals surface area (Å²) in [7, 11) is 0. The van der Waals surface area contributed by atoms with Crippen LogP contribution in [-0.2, 0) is 6.73 Å². The fraction of sp³-hybridized carbons (Fsp3) is 0.158. The van der Waals surface area contributed by atoms with Crippen LogP contribution in [0.2, 0.25) is 5.02 Å². The topological polar surface area (TPSA) is 56.2 Å². The van der Waals surface area contributed by atoms with Crippen LogP contribution in [0, 0.1) is 13.8 Å². The van der Waals surface area contributed by atoms with Crippen LogP contribution in [0.5, 0.6) is 5.75 Å². The lowest BCUT2D eigenvalue weighted by Gasteiger charge is -2.10. The van der Waals surface area contributed by atoms with Crippen molar-refractivity contribution in [3.8, 4) is 5.75 Å². The Hall–Kier alpha value is -2.79. The number of anilines is 1. The highest BCUT2D eigenvalue weighted by Gasteiger charge is 2.12. The summed E-state index contributed by atoms with van der Waals surface area (Å²) in [6.45, 7) is 4.13. The van der Waals surface area contributed by atoms with Gasteiger partial charge in [0.1, 0.15) is 5.75 Å². The first-order valence-electron chi connectivity index (χ1n) is 7.82. The molecule has 0 aliphatic heterocycles. The number of aryl methyl sites for hydroxylation is 2. The van der Waals surface area contributed by atoms with Gasteiger partial charge in [0.25, 0.3) is 5.91 Å². The number of benzene rings is 2. The SMILES string of the molecule is Cc1cccc(C)c1NC(=O)c1ccn(COc2ccc(Cl)cc2)n1. The molecule has 0 atom stereocenters. The molecule has 0 spiro atoms. The summed E-state index contributed by atoms with van der Waals surface area (Å²) in [5.74, 6) is 0.434. The van der Waals surface area contributed by atoms with Crippen molar-refractivity contribution in [1.82, 2.24) is 9.78 Å². The number of nitrogens with zero attached hydrogens (tertiary/aromatic N) is 2. The Morgan fingerprint density at radius 2 is 1.80 bits per heavy atom. The van der Waals surface area contributed by atoms with Crippen molar-refractivity contribution in [2.75, 3.05) is 5.32 Å². The molecule has 3 aromatic rings. The number of para-hydroxylation sites is 1. The van der Waals surface area contributed by atoms with Gasteiger partial charge in [0.05, 0.1) is 0 Å². The zero-order chi connectivity index (χ0) is 17.8. The minimum atomic E-state index is -0.248. The summed E-state index contributed by atoms with van der Waals surface area (Å²) >= 11 is 5.84. The molecule has 0 aliphatic carbocycles. The van der Waals surface area contributed by atoms with E-state index in [0.29, 0.717) is 16.5 Å². The predicted octanol–water partition coefficient (Wildman–Crippen LogP) is 4.44. The van der Waals surface area contributed by atoms with Gasteiger partial charge in [-0.3, -0.25) is 4.79 Å². The zero-order valence-electron chi connectivity index (χ0n) is 14.0. The highest BCUT2D eigenvalue weighted by atomic mass is 35.5. The third-order valence-corrected chi connectivity index (χ3v) is 4.02. The smallest absolute Gasteiger partial charge is 0.276 e. The maximum Gasteiger partial charge on any atom is 0.276 e. The molecule has 0 fully saturated rings. The van der Waals surface area contributed by atoms with Crippen molar-refractivity contribution in [2.24, 2.45) is 0 Å². The van der Waals surface area contributed by atoms with E-state index in [4.69, 9.17) is 16.3 Å². The van der Waals surface area contributed by atoms with Crippen LogP contribution in [0.25, 0.3) is 0 Å². The quantitative estimate of drug-likeness (QED) is 0.736. The molecule has 128 valence electrons. The third kappa shape index (κ3) is 4.19. The second kappa shape index (κ2) is 7.40. The van der Waals surface area contributed by atoms with Gasteiger partial charge in [-0.05, 0) is 55.3 Å². The van der Waals surface area contributed by atoms with Crippen molar-refractivity contribution < 1.29 is 9.53 Å². The average Bonchev–Trinajstić information content (AvgIpc) is 3.07. The summed E-state index contributed by atoms with van der Waals surface area (Å²) in [5, 5.41) is 7.82. The minimum Gasteiger partial charge on any atom is -0.471 e. The summed E-state index contributed by atoms with van der Waals surface area (Å²) < 4.78 is 7.17. The molecule has 5 nitrogen and oxygen atoms in total. The number of ether oxygens (including phenoxy) is 1. The number of nitrogens with one attached hydrogen (secondary N) is 1. The molecule has 1 amide bonds. The van der Waals surface area contributed by atoms with Crippen LogP contribution < -0.4 is 10.1 Å². The lowest BCUT2D eigenvalue weighted by Crippen LogP contribution is -2.15. The van der Waals surface area contributed by atoms with Gasteiger partial charge in [-0.1, -0.05) is 29.8 Å². The highest BCUT2D eigenvalue weighted by molar-refractivity contribution is 6.30. The summed E-state index contributed by atoms with van der Waals surface area (Å²) in [4.78, 5) is 12.4. The van der Waals surface area contributed by atoms with Crippen molar-refractivity contribution in [2.45, 2.75) is 20.6 Å². The average molecular weight is 356 g/mol. The molecule has 6 heteroatoms. The van der Waals surface area contributed by atoms with E-state index in [0.717, 1.165) is 16.8 Å². The second-order valence-corrected chi connectivity index (χ2v) is 6.13. The maximum absolute atomic E-state index is 12.4. The fourth-order valence-electron chi connectivity index (χ4n) is 2.42. The molecule has 1 N–H and O–H groups in total. The van der Waals surface area contributed by atoms with Gasteiger partial charge in [-0.25, -0.2) is 4.68 Å². The molecular formula is C19H18ClN3O2. The Bertz CT molecular complexity index is 868. The first-order chi connectivity index (χ1) is 12.0. The van der Waals surface area contributed by atoms with Crippen molar-refractivity contribution >= 4 is 23.2 Å². The Morgan fingerprint density at radius 3 is 2.48 bits per heavy atom. The molecule has 1 aromatic heterocycles. The van der Waals surface area contributed by atoms with E-state index >= 15 is 0 Å². The van der Waals surface area contributed by atoms with E-state index in [1.807, 2.05) is 32.0 Å². The standard InChI is InChI=1S/C19H18ClN3O2/c1-13-4-3-5-14(2)18(13)21-19(24)17-10-11-23(22-17)12-25-16-8-6-15(20)7-9-16/h3-11H,12H2,1-2H3,(H,21,24). The van der Waals surface area contributed by atoms with Gasteiger partial charge in [0, 0.05) is 16.9 Å². The molecule has 0 saturated heterocycles. The van der Waals surface area contributed by atoms with Crippen molar-refractivity contribution in [3.63, 3.8) is 0 Å². The number of rotatable bonds is 5. The zero-order valence-corrected chi connectivity index (χ0v) is 14.7. The first-order valence-corrected chi connectivity index (χ1v) is 8.20. The van der Waals surface area contributed by atoms with E-state index in [-0.39, 0.29) is 12.6 Å². The number of halogens is 1. The van der Waals surface area contributed by atoms with Gasteiger partial charge in [0.2, 0.25) is 0 Å². The van der Waals surface area contributed by atoms with Crippen LogP contribution in [0.1, 0.15) is 21.6 Å². The van der Waals surface area contributed by atoms with Crippen LogP contribution in [0.4, 0.5) is 5.69 Å². The minimum absolute atomic E-state index is 0.207.